The molecule has 0 atom stereocenters. The van der Waals surface area contributed by atoms with Gasteiger partial charge in [-0.3, -0.25) is 4.98 Å². The maximum atomic E-state index is 5.57. The fraction of sp³-hybridized carbons (Fsp3) is 0.308. The SMILES string of the molecule is NNc1nc(-c2ccncc2)nc2c1CCCC2. The monoisotopic (exact) mass is 241 g/mol. The van der Waals surface area contributed by atoms with Crippen LogP contribution in [0.3, 0.4) is 0 Å². The van der Waals surface area contributed by atoms with Crippen LogP contribution < -0.4 is 11.3 Å². The minimum atomic E-state index is 0.714. The normalized spacial score (nSPS) is 14.1. The van der Waals surface area contributed by atoms with Crippen molar-refractivity contribution in [3.8, 4) is 11.4 Å². The molecule has 0 bridgehead atoms. The van der Waals surface area contributed by atoms with Gasteiger partial charge in [-0.2, -0.15) is 0 Å². The van der Waals surface area contributed by atoms with Crippen LogP contribution in [0, 0.1) is 0 Å². The molecule has 0 amide bonds. The highest BCUT2D eigenvalue weighted by Gasteiger charge is 2.17. The number of rotatable bonds is 2. The van der Waals surface area contributed by atoms with Crippen LogP contribution in [0.2, 0.25) is 0 Å². The Hall–Kier alpha value is -2.01. The van der Waals surface area contributed by atoms with Crippen molar-refractivity contribution in [1.82, 2.24) is 15.0 Å². The number of nitrogen functional groups attached to an aromatic ring is 1. The quantitative estimate of drug-likeness (QED) is 0.618. The molecule has 92 valence electrons. The van der Waals surface area contributed by atoms with Crippen molar-refractivity contribution < 1.29 is 0 Å². The highest BCUT2D eigenvalue weighted by molar-refractivity contribution is 5.59. The summed E-state index contributed by atoms with van der Waals surface area (Å²) >= 11 is 0. The van der Waals surface area contributed by atoms with E-state index in [0.29, 0.717) is 5.82 Å². The molecule has 2 aromatic heterocycles. The molecule has 0 fully saturated rings. The van der Waals surface area contributed by atoms with Crippen molar-refractivity contribution in [3.63, 3.8) is 0 Å². The number of fused-ring (bicyclic) bond motifs is 1. The molecule has 18 heavy (non-hydrogen) atoms. The number of nitrogens with one attached hydrogen (secondary N) is 1. The third-order valence-electron chi connectivity index (χ3n) is 3.26. The Labute approximate surface area is 105 Å². The first-order valence-corrected chi connectivity index (χ1v) is 6.15. The van der Waals surface area contributed by atoms with E-state index in [9.17, 15) is 0 Å². The largest absolute Gasteiger partial charge is 0.308 e. The zero-order chi connectivity index (χ0) is 12.4. The molecule has 0 saturated carbocycles. The van der Waals surface area contributed by atoms with E-state index in [1.165, 1.54) is 18.4 Å². The molecule has 1 aliphatic rings. The first kappa shape index (κ1) is 11.1. The third-order valence-corrected chi connectivity index (χ3v) is 3.26. The smallest absolute Gasteiger partial charge is 0.161 e. The van der Waals surface area contributed by atoms with Gasteiger partial charge in [0.05, 0.1) is 0 Å². The van der Waals surface area contributed by atoms with Gasteiger partial charge in [0.15, 0.2) is 5.82 Å². The number of hydrazine groups is 1. The van der Waals surface area contributed by atoms with E-state index in [1.54, 1.807) is 12.4 Å². The molecule has 0 aromatic carbocycles. The molecule has 3 N–H and O–H groups in total. The highest BCUT2D eigenvalue weighted by atomic mass is 15.3. The molecular formula is C13H15N5. The van der Waals surface area contributed by atoms with Gasteiger partial charge >= 0.3 is 0 Å². The Kier molecular flexibility index (Phi) is 2.90. The van der Waals surface area contributed by atoms with Crippen molar-refractivity contribution in [1.29, 1.82) is 0 Å². The predicted octanol–water partition coefficient (Wildman–Crippen LogP) is 1.70. The van der Waals surface area contributed by atoms with Crippen LogP contribution in [0.5, 0.6) is 0 Å². The standard InChI is InChI=1S/C13H15N5/c14-18-13-10-3-1-2-4-11(10)16-12(17-13)9-5-7-15-8-6-9/h5-8H,1-4,14H2,(H,16,17,18). The van der Waals surface area contributed by atoms with Crippen molar-refractivity contribution in [2.24, 2.45) is 5.84 Å². The second kappa shape index (κ2) is 4.70. The predicted molar refractivity (Wildman–Crippen MR) is 69.7 cm³/mol. The first-order chi connectivity index (χ1) is 8.88. The molecule has 2 heterocycles. The molecule has 0 radical (unpaired) electrons. The first-order valence-electron chi connectivity index (χ1n) is 6.15. The Bertz CT molecular complexity index is 536. The fourth-order valence-electron chi connectivity index (χ4n) is 2.34. The maximum absolute atomic E-state index is 5.57. The number of nitrogens with two attached hydrogens (primary N) is 1. The van der Waals surface area contributed by atoms with Crippen molar-refractivity contribution >= 4 is 5.82 Å². The van der Waals surface area contributed by atoms with Crippen LogP contribution >= 0.6 is 0 Å². The van der Waals surface area contributed by atoms with E-state index in [2.05, 4.69) is 20.4 Å². The van der Waals surface area contributed by atoms with Crippen LogP contribution in [-0.2, 0) is 12.8 Å². The summed E-state index contributed by atoms with van der Waals surface area (Å²) in [4.78, 5) is 13.2. The van der Waals surface area contributed by atoms with Gasteiger partial charge in [0, 0.05) is 29.2 Å². The molecular weight excluding hydrogens is 226 g/mol. The summed E-state index contributed by atoms with van der Waals surface area (Å²) in [6.45, 7) is 0. The average Bonchev–Trinajstić information content (AvgIpc) is 2.47. The van der Waals surface area contributed by atoms with E-state index in [0.717, 1.165) is 29.9 Å². The molecule has 0 unspecified atom stereocenters. The summed E-state index contributed by atoms with van der Waals surface area (Å²) in [5, 5.41) is 0. The van der Waals surface area contributed by atoms with Crippen LogP contribution in [-0.4, -0.2) is 15.0 Å². The Morgan fingerprint density at radius 3 is 2.61 bits per heavy atom. The van der Waals surface area contributed by atoms with Gasteiger partial charge in [-0.1, -0.05) is 0 Å². The molecule has 0 saturated heterocycles. The molecule has 3 rings (SSSR count). The molecule has 5 heteroatoms. The third kappa shape index (κ3) is 1.93. The van der Waals surface area contributed by atoms with E-state index >= 15 is 0 Å². The lowest BCUT2D eigenvalue weighted by Gasteiger charge is -2.18. The Morgan fingerprint density at radius 1 is 1.06 bits per heavy atom. The van der Waals surface area contributed by atoms with Crippen molar-refractivity contribution in [3.05, 3.63) is 35.8 Å². The fourth-order valence-corrected chi connectivity index (χ4v) is 2.34. The molecule has 5 nitrogen and oxygen atoms in total. The summed E-state index contributed by atoms with van der Waals surface area (Å²) in [6.07, 6.45) is 7.86. The number of hydrogen-bond acceptors (Lipinski definition) is 5. The Morgan fingerprint density at radius 2 is 1.83 bits per heavy atom. The second-order valence-corrected chi connectivity index (χ2v) is 4.41. The average molecular weight is 241 g/mol. The number of nitrogens with zero attached hydrogens (tertiary/aromatic N) is 3. The van der Waals surface area contributed by atoms with Crippen LogP contribution in [0.4, 0.5) is 5.82 Å². The van der Waals surface area contributed by atoms with Gasteiger partial charge in [0.2, 0.25) is 0 Å². The number of hydrogen-bond donors (Lipinski definition) is 2. The molecule has 2 aromatic rings. The zero-order valence-corrected chi connectivity index (χ0v) is 10.1. The molecule has 0 spiro atoms. The second-order valence-electron chi connectivity index (χ2n) is 4.41. The summed E-state index contributed by atoms with van der Waals surface area (Å²) in [5.41, 5.74) is 5.96. The van der Waals surface area contributed by atoms with E-state index in [-0.39, 0.29) is 0 Å². The topological polar surface area (TPSA) is 76.7 Å². The number of aryl methyl sites for hydroxylation is 1. The lowest BCUT2D eigenvalue weighted by atomic mass is 9.96. The number of anilines is 1. The van der Waals surface area contributed by atoms with Crippen LogP contribution in [0.15, 0.2) is 24.5 Å². The van der Waals surface area contributed by atoms with Crippen molar-refractivity contribution in [2.75, 3.05) is 5.43 Å². The van der Waals surface area contributed by atoms with Gasteiger partial charge in [-0.05, 0) is 37.8 Å². The number of pyridine rings is 1. The minimum Gasteiger partial charge on any atom is -0.308 e. The van der Waals surface area contributed by atoms with E-state index < -0.39 is 0 Å². The summed E-state index contributed by atoms with van der Waals surface area (Å²) in [5.74, 6) is 7.04. The van der Waals surface area contributed by atoms with Gasteiger partial charge < -0.3 is 5.43 Å². The van der Waals surface area contributed by atoms with E-state index in [4.69, 9.17) is 5.84 Å². The van der Waals surface area contributed by atoms with E-state index in [1.807, 2.05) is 12.1 Å². The van der Waals surface area contributed by atoms with Gasteiger partial charge in [0.1, 0.15) is 5.82 Å². The molecule has 0 aliphatic heterocycles. The number of aromatic nitrogens is 3. The van der Waals surface area contributed by atoms with Gasteiger partial charge in [0.25, 0.3) is 0 Å². The highest BCUT2D eigenvalue weighted by Crippen LogP contribution is 2.27. The molecule has 1 aliphatic carbocycles. The zero-order valence-electron chi connectivity index (χ0n) is 10.1. The lowest BCUT2D eigenvalue weighted by Crippen LogP contribution is -2.17. The summed E-state index contributed by atoms with van der Waals surface area (Å²) < 4.78 is 0. The van der Waals surface area contributed by atoms with Gasteiger partial charge in [-0.25, -0.2) is 15.8 Å². The lowest BCUT2D eigenvalue weighted by molar-refractivity contribution is 0.665. The van der Waals surface area contributed by atoms with Crippen LogP contribution in [0.1, 0.15) is 24.1 Å². The van der Waals surface area contributed by atoms with Crippen molar-refractivity contribution in [2.45, 2.75) is 25.7 Å². The minimum absolute atomic E-state index is 0.714. The van der Waals surface area contributed by atoms with Gasteiger partial charge in [-0.15, -0.1) is 0 Å². The van der Waals surface area contributed by atoms with Crippen LogP contribution in [0.25, 0.3) is 11.4 Å². The maximum Gasteiger partial charge on any atom is 0.161 e. The summed E-state index contributed by atoms with van der Waals surface area (Å²) in [7, 11) is 0. The summed E-state index contributed by atoms with van der Waals surface area (Å²) in [6, 6.07) is 3.82. The Balaban J connectivity index is 2.12.